The third kappa shape index (κ3) is 3.11. The summed E-state index contributed by atoms with van der Waals surface area (Å²) in [4.78, 5) is 12.5. The molecule has 0 spiro atoms. The first-order valence-electron chi connectivity index (χ1n) is 6.01. The molecule has 2 rings (SSSR count). The van der Waals surface area contributed by atoms with Crippen molar-refractivity contribution < 1.29 is 25.2 Å². The van der Waals surface area contributed by atoms with Gasteiger partial charge in [0.2, 0.25) is 0 Å². The maximum Gasteiger partial charge on any atom is 0.266 e. The molecule has 1 aliphatic heterocycles. The van der Waals surface area contributed by atoms with Gasteiger partial charge in [0, 0.05) is 4.90 Å². The van der Waals surface area contributed by atoms with Gasteiger partial charge in [-0.2, -0.15) is 0 Å². The maximum absolute atomic E-state index is 11.8. The number of hydrazine groups is 1. The van der Waals surface area contributed by atoms with Gasteiger partial charge in [0.15, 0.2) is 0 Å². The Hall–Kier alpha value is -1.16. The maximum atomic E-state index is 11.8. The Morgan fingerprint density at radius 1 is 1.25 bits per heavy atom. The topological polar surface area (TPSA) is 122 Å². The summed E-state index contributed by atoms with van der Waals surface area (Å²) in [6, 6.07) is 6.85. The van der Waals surface area contributed by atoms with Crippen molar-refractivity contribution in [2.24, 2.45) is 0 Å². The minimum Gasteiger partial charge on any atom is -0.394 e. The molecule has 20 heavy (non-hydrogen) atoms. The highest BCUT2D eigenvalue weighted by Crippen LogP contribution is 2.30. The summed E-state index contributed by atoms with van der Waals surface area (Å²) in [5.74, 6) is -0.347. The molecule has 0 radical (unpaired) electrons. The minimum atomic E-state index is -1.54. The number of fused-ring (bicyclic) bond motifs is 1. The Labute approximate surface area is 119 Å². The fourth-order valence-corrected chi connectivity index (χ4v) is 2.93. The van der Waals surface area contributed by atoms with E-state index in [0.29, 0.717) is 10.5 Å². The van der Waals surface area contributed by atoms with Crippen molar-refractivity contribution in [3.8, 4) is 0 Å². The number of rotatable bonds is 4. The van der Waals surface area contributed by atoms with Crippen molar-refractivity contribution >= 4 is 17.7 Å². The van der Waals surface area contributed by atoms with Crippen LogP contribution in [0.4, 0.5) is 0 Å². The molecule has 0 aliphatic carbocycles. The molecule has 0 saturated carbocycles. The second-order valence-electron chi connectivity index (χ2n) is 4.36. The number of amides is 1. The van der Waals surface area contributed by atoms with Gasteiger partial charge in [0.25, 0.3) is 5.91 Å². The Morgan fingerprint density at radius 3 is 2.65 bits per heavy atom. The lowest BCUT2D eigenvalue weighted by molar-refractivity contribution is -0.0789. The summed E-state index contributed by atoms with van der Waals surface area (Å²) in [6.07, 6.45) is -4.37. The number of thioether (sulfide) groups is 1. The van der Waals surface area contributed by atoms with Gasteiger partial charge in [0.05, 0.1) is 12.2 Å². The highest BCUT2D eigenvalue weighted by molar-refractivity contribution is 8.00. The van der Waals surface area contributed by atoms with E-state index >= 15 is 0 Å². The zero-order valence-electron chi connectivity index (χ0n) is 10.4. The summed E-state index contributed by atoms with van der Waals surface area (Å²) in [6.45, 7) is -0.668. The molecule has 4 atom stereocenters. The first kappa shape index (κ1) is 15.2. The average molecular weight is 300 g/mol. The van der Waals surface area contributed by atoms with E-state index in [2.05, 4.69) is 10.9 Å². The van der Waals surface area contributed by atoms with Crippen LogP contribution in [0, 0.1) is 0 Å². The highest BCUT2D eigenvalue weighted by Gasteiger charge is 2.34. The van der Waals surface area contributed by atoms with Crippen LogP contribution < -0.4 is 10.9 Å². The monoisotopic (exact) mass is 300 g/mol. The summed E-state index contributed by atoms with van der Waals surface area (Å²) in [7, 11) is 0. The van der Waals surface area contributed by atoms with Crippen LogP contribution in [-0.2, 0) is 0 Å². The molecule has 110 valence electrons. The normalized spacial score (nSPS) is 23.2. The summed E-state index contributed by atoms with van der Waals surface area (Å²) in [5, 5.41) is 37.1. The van der Waals surface area contributed by atoms with Crippen LogP contribution in [0.2, 0.25) is 0 Å². The molecule has 1 heterocycles. The van der Waals surface area contributed by atoms with Crippen LogP contribution in [0.5, 0.6) is 0 Å². The summed E-state index contributed by atoms with van der Waals surface area (Å²) in [5.41, 5.74) is 5.47. The number of carbonyl (C=O) groups excluding carboxylic acids is 1. The van der Waals surface area contributed by atoms with E-state index in [1.165, 1.54) is 0 Å². The number of benzene rings is 1. The Kier molecular flexibility index (Phi) is 4.97. The van der Waals surface area contributed by atoms with E-state index in [-0.39, 0.29) is 5.91 Å². The molecule has 8 heteroatoms. The van der Waals surface area contributed by atoms with Gasteiger partial charge >= 0.3 is 0 Å². The van der Waals surface area contributed by atoms with Gasteiger partial charge in [0.1, 0.15) is 23.7 Å². The number of nitrogens with one attached hydrogen (secondary N) is 2. The van der Waals surface area contributed by atoms with Crippen LogP contribution >= 0.6 is 11.8 Å². The second-order valence-corrected chi connectivity index (χ2v) is 5.55. The quantitative estimate of drug-likeness (QED) is 0.397. The SMILES string of the molecule is O=C1NNC([C@@H](O)[C@H](O)[C@H](O)CO)Sc2ccccc21. The Morgan fingerprint density at radius 2 is 1.95 bits per heavy atom. The first-order chi connectivity index (χ1) is 9.54. The molecular formula is C12H16N2O5S. The third-order valence-electron chi connectivity index (χ3n) is 2.95. The molecule has 1 aliphatic rings. The highest BCUT2D eigenvalue weighted by atomic mass is 32.2. The fourth-order valence-electron chi connectivity index (χ4n) is 1.80. The van der Waals surface area contributed by atoms with Gasteiger partial charge in [-0.3, -0.25) is 10.2 Å². The van der Waals surface area contributed by atoms with Crippen LogP contribution in [0.3, 0.4) is 0 Å². The molecule has 0 aromatic heterocycles. The molecule has 1 aromatic rings. The predicted octanol–water partition coefficient (Wildman–Crippen LogP) is -1.57. The molecule has 0 bridgehead atoms. The zero-order chi connectivity index (χ0) is 14.7. The van der Waals surface area contributed by atoms with E-state index in [4.69, 9.17) is 5.11 Å². The van der Waals surface area contributed by atoms with Gasteiger partial charge in [-0.15, -0.1) is 11.8 Å². The van der Waals surface area contributed by atoms with E-state index in [1.807, 2.05) is 0 Å². The lowest BCUT2D eigenvalue weighted by Crippen LogP contribution is -2.53. The standard InChI is InChI=1S/C12H16N2O5S/c15-5-7(16)9(17)10(18)12-14-13-11(19)6-3-1-2-4-8(6)20-12/h1-4,7,9-10,12,14-18H,5H2,(H,13,19)/t7-,9-,10+,12?/m1/s1. The van der Waals surface area contributed by atoms with Crippen molar-refractivity contribution in [2.75, 3.05) is 6.61 Å². The van der Waals surface area contributed by atoms with Crippen molar-refractivity contribution in [2.45, 2.75) is 28.6 Å². The minimum absolute atomic E-state index is 0.347. The van der Waals surface area contributed by atoms with Crippen LogP contribution in [0.1, 0.15) is 10.4 Å². The van der Waals surface area contributed by atoms with Crippen molar-refractivity contribution in [3.63, 3.8) is 0 Å². The lowest BCUT2D eigenvalue weighted by Gasteiger charge is -2.27. The van der Waals surface area contributed by atoms with E-state index in [0.717, 1.165) is 11.8 Å². The molecule has 0 fully saturated rings. The average Bonchev–Trinajstić information content (AvgIpc) is 2.65. The zero-order valence-corrected chi connectivity index (χ0v) is 11.2. The second kappa shape index (κ2) is 6.53. The van der Waals surface area contributed by atoms with Crippen LogP contribution in [0.15, 0.2) is 29.2 Å². The Balaban J connectivity index is 2.18. The Bertz CT molecular complexity index is 487. The fraction of sp³-hybridized carbons (Fsp3) is 0.417. The van der Waals surface area contributed by atoms with Gasteiger partial charge in [-0.25, -0.2) is 5.43 Å². The summed E-state index contributed by atoms with van der Waals surface area (Å²) < 4.78 is 0. The van der Waals surface area contributed by atoms with Gasteiger partial charge in [-0.05, 0) is 12.1 Å². The van der Waals surface area contributed by atoms with Crippen molar-refractivity contribution in [1.82, 2.24) is 10.9 Å². The van der Waals surface area contributed by atoms with Crippen molar-refractivity contribution in [1.29, 1.82) is 0 Å². The number of hydrogen-bond donors (Lipinski definition) is 6. The molecule has 1 aromatic carbocycles. The molecule has 1 unspecified atom stereocenters. The number of carbonyl (C=O) groups is 1. The summed E-state index contributed by atoms with van der Waals surface area (Å²) >= 11 is 1.15. The largest absolute Gasteiger partial charge is 0.394 e. The number of aliphatic hydroxyl groups excluding tert-OH is 4. The van der Waals surface area contributed by atoms with E-state index in [9.17, 15) is 20.1 Å². The van der Waals surface area contributed by atoms with Crippen molar-refractivity contribution in [3.05, 3.63) is 29.8 Å². The number of aliphatic hydroxyl groups is 4. The molecule has 7 nitrogen and oxygen atoms in total. The smallest absolute Gasteiger partial charge is 0.266 e. The predicted molar refractivity (Wildman–Crippen MR) is 71.8 cm³/mol. The molecule has 0 saturated heterocycles. The van der Waals surface area contributed by atoms with Gasteiger partial charge in [-0.1, -0.05) is 12.1 Å². The third-order valence-corrected chi connectivity index (χ3v) is 4.22. The molecule has 1 amide bonds. The van der Waals surface area contributed by atoms with Crippen LogP contribution in [0.25, 0.3) is 0 Å². The van der Waals surface area contributed by atoms with E-state index in [1.54, 1.807) is 24.3 Å². The van der Waals surface area contributed by atoms with Gasteiger partial charge < -0.3 is 20.4 Å². The number of hydrogen-bond acceptors (Lipinski definition) is 7. The first-order valence-corrected chi connectivity index (χ1v) is 6.89. The molecule has 6 N–H and O–H groups in total. The lowest BCUT2D eigenvalue weighted by atomic mass is 10.1. The molecular weight excluding hydrogens is 284 g/mol. The van der Waals surface area contributed by atoms with E-state index < -0.39 is 30.3 Å². The van der Waals surface area contributed by atoms with Crippen LogP contribution in [-0.4, -0.2) is 56.6 Å².